The molecule has 0 saturated heterocycles. The van der Waals surface area contributed by atoms with Crippen molar-refractivity contribution in [2.45, 2.75) is 33.7 Å². The molecule has 3 heteroatoms. The zero-order valence-electron chi connectivity index (χ0n) is 12.9. The minimum absolute atomic E-state index is 0.167. The van der Waals surface area contributed by atoms with Gasteiger partial charge in [-0.15, -0.1) is 0 Å². The Balaban J connectivity index is 2.58. The molecular weight excluding hydrogens is 346 g/mol. The second-order valence-corrected chi connectivity index (χ2v) is 6.74. The molecule has 0 saturated carbocycles. The van der Waals surface area contributed by atoms with Gasteiger partial charge in [-0.25, -0.2) is 0 Å². The number of nitrogens with one attached hydrogen (secondary N) is 1. The molecule has 2 rings (SSSR count). The zero-order chi connectivity index (χ0) is 15.6. The van der Waals surface area contributed by atoms with E-state index < -0.39 is 0 Å². The van der Waals surface area contributed by atoms with Crippen molar-refractivity contribution in [2.24, 2.45) is 0 Å². The van der Waals surface area contributed by atoms with Crippen LogP contribution in [-0.2, 0) is 0 Å². The van der Waals surface area contributed by atoms with Crippen LogP contribution >= 0.6 is 27.5 Å². The smallest absolute Gasteiger partial charge is 0.0582 e. The summed E-state index contributed by atoms with van der Waals surface area (Å²) >= 11 is 9.82. The van der Waals surface area contributed by atoms with E-state index in [1.807, 2.05) is 6.07 Å². The molecule has 112 valence electrons. The molecule has 2 aromatic carbocycles. The SMILES string of the molecule is CCNC(c1cc(Cl)ccc1C)c1cc(C)c(Br)cc1C. The normalized spacial score (nSPS) is 12.5. The van der Waals surface area contributed by atoms with Crippen LogP contribution in [0.4, 0.5) is 0 Å². The lowest BCUT2D eigenvalue weighted by Gasteiger charge is -2.24. The molecule has 1 nitrogen and oxygen atoms in total. The van der Waals surface area contributed by atoms with Crippen LogP contribution in [0.15, 0.2) is 34.8 Å². The third kappa shape index (κ3) is 3.68. The van der Waals surface area contributed by atoms with Crippen molar-refractivity contribution in [3.63, 3.8) is 0 Å². The fourth-order valence-electron chi connectivity index (χ4n) is 2.63. The summed E-state index contributed by atoms with van der Waals surface area (Å²) in [6.45, 7) is 9.46. The van der Waals surface area contributed by atoms with Gasteiger partial charge in [0, 0.05) is 9.50 Å². The molecule has 0 heterocycles. The van der Waals surface area contributed by atoms with E-state index in [-0.39, 0.29) is 6.04 Å². The maximum absolute atomic E-state index is 6.21. The Bertz CT molecular complexity index is 652. The van der Waals surface area contributed by atoms with Crippen LogP contribution in [0.5, 0.6) is 0 Å². The largest absolute Gasteiger partial charge is 0.307 e. The summed E-state index contributed by atoms with van der Waals surface area (Å²) in [5, 5.41) is 4.38. The Labute approximate surface area is 140 Å². The molecule has 0 radical (unpaired) electrons. The standard InChI is InChI=1S/C18H21BrClN/c1-5-21-18(16-10-14(20)7-6-11(16)2)15-8-13(4)17(19)9-12(15)3/h6-10,18,21H,5H2,1-4H3. The zero-order valence-corrected chi connectivity index (χ0v) is 15.3. The molecule has 0 spiro atoms. The van der Waals surface area contributed by atoms with Crippen molar-refractivity contribution < 1.29 is 0 Å². The minimum Gasteiger partial charge on any atom is -0.307 e. The topological polar surface area (TPSA) is 12.0 Å². The second kappa shape index (κ2) is 6.95. The Kier molecular flexibility index (Phi) is 5.48. The van der Waals surface area contributed by atoms with Crippen molar-refractivity contribution in [1.29, 1.82) is 0 Å². The highest BCUT2D eigenvalue weighted by Crippen LogP contribution is 2.32. The molecule has 1 atom stereocenters. The highest BCUT2D eigenvalue weighted by molar-refractivity contribution is 9.10. The van der Waals surface area contributed by atoms with Gasteiger partial charge >= 0.3 is 0 Å². The van der Waals surface area contributed by atoms with Gasteiger partial charge in [0.15, 0.2) is 0 Å². The van der Waals surface area contributed by atoms with Crippen LogP contribution in [0.3, 0.4) is 0 Å². The lowest BCUT2D eigenvalue weighted by Crippen LogP contribution is -2.23. The van der Waals surface area contributed by atoms with Gasteiger partial charge in [0.2, 0.25) is 0 Å². The van der Waals surface area contributed by atoms with Gasteiger partial charge in [-0.05, 0) is 73.3 Å². The molecule has 0 aliphatic rings. The summed E-state index contributed by atoms with van der Waals surface area (Å²) in [5.41, 5.74) is 6.33. The van der Waals surface area contributed by atoms with Gasteiger partial charge < -0.3 is 5.32 Å². The summed E-state index contributed by atoms with van der Waals surface area (Å²) in [6.07, 6.45) is 0. The maximum Gasteiger partial charge on any atom is 0.0582 e. The van der Waals surface area contributed by atoms with Crippen molar-refractivity contribution >= 4 is 27.5 Å². The lowest BCUT2D eigenvalue weighted by atomic mass is 9.91. The van der Waals surface area contributed by atoms with Crippen LogP contribution in [0, 0.1) is 20.8 Å². The van der Waals surface area contributed by atoms with E-state index in [1.54, 1.807) is 0 Å². The molecule has 21 heavy (non-hydrogen) atoms. The number of hydrogen-bond acceptors (Lipinski definition) is 1. The first-order valence-corrected chi connectivity index (χ1v) is 8.37. The van der Waals surface area contributed by atoms with E-state index in [4.69, 9.17) is 11.6 Å². The third-order valence-electron chi connectivity index (χ3n) is 3.82. The number of halogens is 2. The van der Waals surface area contributed by atoms with Gasteiger partial charge in [0.1, 0.15) is 0 Å². The van der Waals surface area contributed by atoms with Crippen LogP contribution in [0.1, 0.15) is 40.8 Å². The van der Waals surface area contributed by atoms with Gasteiger partial charge in [0.25, 0.3) is 0 Å². The monoisotopic (exact) mass is 365 g/mol. The summed E-state index contributed by atoms with van der Waals surface area (Å²) in [6, 6.07) is 10.7. The molecular formula is C18H21BrClN. The summed E-state index contributed by atoms with van der Waals surface area (Å²) < 4.78 is 1.15. The van der Waals surface area contributed by atoms with Crippen LogP contribution in [0.2, 0.25) is 5.02 Å². The molecule has 0 amide bonds. The van der Waals surface area contributed by atoms with E-state index in [0.717, 1.165) is 16.0 Å². The van der Waals surface area contributed by atoms with Crippen LogP contribution in [-0.4, -0.2) is 6.54 Å². The maximum atomic E-state index is 6.21. The first kappa shape index (κ1) is 16.5. The Morgan fingerprint density at radius 2 is 1.67 bits per heavy atom. The molecule has 0 fully saturated rings. The highest BCUT2D eigenvalue weighted by atomic mass is 79.9. The van der Waals surface area contributed by atoms with Crippen LogP contribution < -0.4 is 5.32 Å². The fraction of sp³-hybridized carbons (Fsp3) is 0.333. The summed E-state index contributed by atoms with van der Waals surface area (Å²) in [4.78, 5) is 0. The molecule has 2 aromatic rings. The van der Waals surface area contributed by atoms with E-state index in [2.05, 4.69) is 73.2 Å². The molecule has 0 bridgehead atoms. The molecule has 0 aliphatic heterocycles. The number of aryl methyl sites for hydroxylation is 3. The Morgan fingerprint density at radius 1 is 1.00 bits per heavy atom. The van der Waals surface area contributed by atoms with Crippen LogP contribution in [0.25, 0.3) is 0 Å². The lowest BCUT2D eigenvalue weighted by molar-refractivity contribution is 0.624. The summed E-state index contributed by atoms with van der Waals surface area (Å²) in [7, 11) is 0. The number of hydrogen-bond donors (Lipinski definition) is 1. The molecule has 0 aliphatic carbocycles. The van der Waals surface area contributed by atoms with Gasteiger partial charge in [-0.2, -0.15) is 0 Å². The molecule has 1 unspecified atom stereocenters. The number of benzene rings is 2. The first-order valence-electron chi connectivity index (χ1n) is 7.20. The van der Waals surface area contributed by atoms with Gasteiger partial charge in [0.05, 0.1) is 6.04 Å². The molecule has 1 N–H and O–H groups in total. The van der Waals surface area contributed by atoms with Gasteiger partial charge in [-0.1, -0.05) is 46.6 Å². The van der Waals surface area contributed by atoms with Crippen molar-refractivity contribution in [2.75, 3.05) is 6.54 Å². The Hall–Kier alpha value is -0.830. The predicted molar refractivity (Wildman–Crippen MR) is 95.3 cm³/mol. The third-order valence-corrected chi connectivity index (χ3v) is 4.91. The average Bonchev–Trinajstić information content (AvgIpc) is 2.43. The minimum atomic E-state index is 0.167. The van der Waals surface area contributed by atoms with Crippen molar-refractivity contribution in [3.05, 3.63) is 67.6 Å². The van der Waals surface area contributed by atoms with E-state index in [0.29, 0.717) is 0 Å². The average molecular weight is 367 g/mol. The van der Waals surface area contributed by atoms with E-state index >= 15 is 0 Å². The molecule has 0 aromatic heterocycles. The predicted octanol–water partition coefficient (Wildman–Crippen LogP) is 5.73. The van der Waals surface area contributed by atoms with Crippen molar-refractivity contribution in [3.8, 4) is 0 Å². The quantitative estimate of drug-likeness (QED) is 0.729. The fourth-order valence-corrected chi connectivity index (χ4v) is 3.27. The summed E-state index contributed by atoms with van der Waals surface area (Å²) in [5.74, 6) is 0. The van der Waals surface area contributed by atoms with E-state index in [9.17, 15) is 0 Å². The highest BCUT2D eigenvalue weighted by Gasteiger charge is 2.18. The van der Waals surface area contributed by atoms with Gasteiger partial charge in [-0.3, -0.25) is 0 Å². The second-order valence-electron chi connectivity index (χ2n) is 5.45. The van der Waals surface area contributed by atoms with E-state index in [1.165, 1.54) is 27.8 Å². The Morgan fingerprint density at radius 3 is 2.33 bits per heavy atom. The first-order chi connectivity index (χ1) is 9.93. The number of rotatable bonds is 4. The van der Waals surface area contributed by atoms with Crippen molar-refractivity contribution in [1.82, 2.24) is 5.32 Å².